The summed E-state index contributed by atoms with van der Waals surface area (Å²) < 4.78 is 0. The molecule has 0 aromatic heterocycles. The predicted octanol–water partition coefficient (Wildman–Crippen LogP) is 3.13. The monoisotopic (exact) mass is 281 g/mol. The Balaban J connectivity index is 2.47. The van der Waals surface area contributed by atoms with Crippen LogP contribution in [0.5, 0.6) is 0 Å². The van der Waals surface area contributed by atoms with Crippen LogP contribution < -0.4 is 5.32 Å². The number of unbranched alkanes of at least 4 members (excludes halogenated alkanes) is 1. The summed E-state index contributed by atoms with van der Waals surface area (Å²) in [6.07, 6.45) is 2.42. The molecule has 0 heterocycles. The van der Waals surface area contributed by atoms with E-state index in [2.05, 4.69) is 5.32 Å². The van der Waals surface area contributed by atoms with Crippen LogP contribution in [0.4, 0.5) is 5.69 Å². The number of benzene rings is 1. The van der Waals surface area contributed by atoms with Crippen LogP contribution in [-0.4, -0.2) is 22.7 Å². The van der Waals surface area contributed by atoms with Gasteiger partial charge in [-0.15, -0.1) is 11.8 Å². The number of rotatable bonds is 8. The van der Waals surface area contributed by atoms with Gasteiger partial charge in [0.05, 0.1) is 5.75 Å². The lowest BCUT2D eigenvalue weighted by Gasteiger charge is -2.07. The summed E-state index contributed by atoms with van der Waals surface area (Å²) in [5, 5.41) is 11.4. The fraction of sp³-hybridized carbons (Fsp3) is 0.429. The van der Waals surface area contributed by atoms with Gasteiger partial charge in [0.15, 0.2) is 0 Å². The molecule has 1 rings (SSSR count). The number of aliphatic carboxylic acids is 1. The van der Waals surface area contributed by atoms with Crippen LogP contribution in [0.15, 0.2) is 24.3 Å². The van der Waals surface area contributed by atoms with E-state index in [0.29, 0.717) is 12.2 Å². The standard InChI is InChI=1S/C14H19NO3S/c1-2-3-7-13(16)15-12-6-4-5-11(8-12)9-19-10-14(17)18/h4-6,8H,2-3,7,9-10H2,1H3,(H,15,16)(H,17,18). The number of thioether (sulfide) groups is 1. The van der Waals surface area contributed by atoms with Gasteiger partial charge in [0.2, 0.25) is 5.91 Å². The summed E-state index contributed by atoms with van der Waals surface area (Å²) in [6.45, 7) is 2.05. The summed E-state index contributed by atoms with van der Waals surface area (Å²) in [5.74, 6) is -0.0656. The highest BCUT2D eigenvalue weighted by molar-refractivity contribution is 7.99. The Bertz CT molecular complexity index is 434. The maximum atomic E-state index is 11.6. The highest BCUT2D eigenvalue weighted by atomic mass is 32.2. The van der Waals surface area contributed by atoms with Gasteiger partial charge in [0.25, 0.3) is 0 Å². The minimum absolute atomic E-state index is 0.0252. The van der Waals surface area contributed by atoms with Crippen molar-refractivity contribution in [2.75, 3.05) is 11.1 Å². The first-order valence-electron chi connectivity index (χ1n) is 6.30. The number of anilines is 1. The van der Waals surface area contributed by atoms with E-state index < -0.39 is 5.97 Å². The number of carboxylic acid groups (broad SMARTS) is 1. The van der Waals surface area contributed by atoms with Crippen molar-refractivity contribution in [2.24, 2.45) is 0 Å². The van der Waals surface area contributed by atoms with Crippen molar-refractivity contribution in [3.63, 3.8) is 0 Å². The average molecular weight is 281 g/mol. The third-order valence-electron chi connectivity index (χ3n) is 2.46. The largest absolute Gasteiger partial charge is 0.481 e. The molecule has 1 aromatic carbocycles. The molecule has 0 spiro atoms. The van der Waals surface area contributed by atoms with Crippen LogP contribution >= 0.6 is 11.8 Å². The molecule has 0 unspecified atom stereocenters. The van der Waals surface area contributed by atoms with Crippen molar-refractivity contribution in [3.8, 4) is 0 Å². The fourth-order valence-corrected chi connectivity index (χ4v) is 2.25. The first kappa shape index (κ1) is 15.6. The van der Waals surface area contributed by atoms with Crippen LogP contribution in [0.2, 0.25) is 0 Å². The molecule has 0 aliphatic rings. The van der Waals surface area contributed by atoms with Gasteiger partial charge < -0.3 is 10.4 Å². The Kier molecular flexibility index (Phi) is 7.03. The number of carboxylic acids is 1. The molecule has 2 N–H and O–H groups in total. The highest BCUT2D eigenvalue weighted by Gasteiger charge is 2.03. The van der Waals surface area contributed by atoms with Gasteiger partial charge in [-0.2, -0.15) is 0 Å². The summed E-state index contributed by atoms with van der Waals surface area (Å²) in [6, 6.07) is 7.52. The normalized spacial score (nSPS) is 10.2. The highest BCUT2D eigenvalue weighted by Crippen LogP contribution is 2.16. The smallest absolute Gasteiger partial charge is 0.313 e. The molecule has 0 aliphatic carbocycles. The van der Waals surface area contributed by atoms with Crippen molar-refractivity contribution >= 4 is 29.3 Å². The Morgan fingerprint density at radius 1 is 1.37 bits per heavy atom. The van der Waals surface area contributed by atoms with E-state index in [9.17, 15) is 9.59 Å². The lowest BCUT2D eigenvalue weighted by atomic mass is 10.2. The van der Waals surface area contributed by atoms with Crippen molar-refractivity contribution in [1.29, 1.82) is 0 Å². The number of carbonyl (C=O) groups is 2. The predicted molar refractivity (Wildman–Crippen MR) is 78.4 cm³/mol. The van der Waals surface area contributed by atoms with E-state index in [4.69, 9.17) is 5.11 Å². The Morgan fingerprint density at radius 3 is 2.84 bits per heavy atom. The zero-order valence-electron chi connectivity index (χ0n) is 11.0. The lowest BCUT2D eigenvalue weighted by Crippen LogP contribution is -2.11. The summed E-state index contributed by atoms with van der Waals surface area (Å²) in [5.41, 5.74) is 1.79. The molecule has 0 bridgehead atoms. The van der Waals surface area contributed by atoms with Gasteiger partial charge in [-0.1, -0.05) is 25.5 Å². The second-order valence-corrected chi connectivity index (χ2v) is 5.22. The number of hydrogen-bond acceptors (Lipinski definition) is 3. The molecule has 0 atom stereocenters. The van der Waals surface area contributed by atoms with Gasteiger partial charge in [0.1, 0.15) is 0 Å². The number of amides is 1. The fourth-order valence-electron chi connectivity index (χ4n) is 1.56. The van der Waals surface area contributed by atoms with Crippen LogP contribution in [0.1, 0.15) is 31.7 Å². The summed E-state index contributed by atoms with van der Waals surface area (Å²) >= 11 is 1.34. The van der Waals surface area contributed by atoms with Crippen LogP contribution in [-0.2, 0) is 15.3 Å². The van der Waals surface area contributed by atoms with Gasteiger partial charge in [-0.25, -0.2) is 0 Å². The van der Waals surface area contributed by atoms with Gasteiger partial charge in [-0.3, -0.25) is 9.59 Å². The molecule has 4 nitrogen and oxygen atoms in total. The van der Waals surface area contributed by atoms with E-state index >= 15 is 0 Å². The van der Waals surface area contributed by atoms with Crippen molar-refractivity contribution in [1.82, 2.24) is 0 Å². The average Bonchev–Trinajstić information content (AvgIpc) is 2.36. The summed E-state index contributed by atoms with van der Waals surface area (Å²) in [7, 11) is 0. The van der Waals surface area contributed by atoms with Crippen molar-refractivity contribution in [2.45, 2.75) is 31.9 Å². The van der Waals surface area contributed by atoms with E-state index in [1.54, 1.807) is 0 Å². The first-order valence-corrected chi connectivity index (χ1v) is 7.45. The molecule has 0 radical (unpaired) electrons. The van der Waals surface area contributed by atoms with Crippen molar-refractivity contribution < 1.29 is 14.7 Å². The molecule has 19 heavy (non-hydrogen) atoms. The molecular formula is C14H19NO3S. The minimum atomic E-state index is -0.811. The molecule has 104 valence electrons. The Hall–Kier alpha value is -1.49. The number of hydrogen-bond donors (Lipinski definition) is 2. The van der Waals surface area contributed by atoms with E-state index in [1.165, 1.54) is 11.8 Å². The Labute approximate surface area is 117 Å². The van der Waals surface area contributed by atoms with E-state index in [0.717, 1.165) is 24.1 Å². The minimum Gasteiger partial charge on any atom is -0.481 e. The zero-order chi connectivity index (χ0) is 14.1. The van der Waals surface area contributed by atoms with E-state index in [1.807, 2.05) is 31.2 Å². The molecule has 1 aromatic rings. The van der Waals surface area contributed by atoms with Gasteiger partial charge in [0, 0.05) is 17.9 Å². The zero-order valence-corrected chi connectivity index (χ0v) is 11.8. The maximum Gasteiger partial charge on any atom is 0.313 e. The van der Waals surface area contributed by atoms with Gasteiger partial charge in [-0.05, 0) is 24.1 Å². The number of nitrogens with one attached hydrogen (secondary N) is 1. The molecule has 0 fully saturated rings. The SMILES string of the molecule is CCCCC(=O)Nc1cccc(CSCC(=O)O)c1. The second-order valence-electron chi connectivity index (χ2n) is 4.24. The second kappa shape index (κ2) is 8.58. The molecule has 0 aliphatic heterocycles. The third kappa shape index (κ3) is 6.86. The van der Waals surface area contributed by atoms with Crippen molar-refractivity contribution in [3.05, 3.63) is 29.8 Å². The van der Waals surface area contributed by atoms with Crippen LogP contribution in [0.25, 0.3) is 0 Å². The van der Waals surface area contributed by atoms with Crippen LogP contribution in [0.3, 0.4) is 0 Å². The molecule has 5 heteroatoms. The van der Waals surface area contributed by atoms with E-state index in [-0.39, 0.29) is 11.7 Å². The summed E-state index contributed by atoms with van der Waals surface area (Å²) in [4.78, 5) is 22.0. The lowest BCUT2D eigenvalue weighted by molar-refractivity contribution is -0.133. The van der Waals surface area contributed by atoms with Gasteiger partial charge >= 0.3 is 5.97 Å². The van der Waals surface area contributed by atoms with Crippen LogP contribution in [0, 0.1) is 0 Å². The molecular weight excluding hydrogens is 262 g/mol. The number of carbonyl (C=O) groups excluding carboxylic acids is 1. The molecule has 0 saturated heterocycles. The Morgan fingerprint density at radius 2 is 2.16 bits per heavy atom. The first-order chi connectivity index (χ1) is 9.11. The molecule has 1 amide bonds. The quantitative estimate of drug-likeness (QED) is 0.768. The topological polar surface area (TPSA) is 66.4 Å². The maximum absolute atomic E-state index is 11.6. The third-order valence-corrected chi connectivity index (χ3v) is 3.45. The molecule has 0 saturated carbocycles.